The van der Waals surface area contributed by atoms with Crippen molar-refractivity contribution in [2.24, 2.45) is 5.29 Å². The maximum Gasteiger partial charge on any atom is 0.174 e. The van der Waals surface area contributed by atoms with Gasteiger partial charge in [-0.15, -0.1) is 15.1 Å². The summed E-state index contributed by atoms with van der Waals surface area (Å²) in [5, 5.41) is 19.6. The Bertz CT molecular complexity index is 278. The Hall–Kier alpha value is -1.27. The quantitative estimate of drug-likeness (QED) is 0.572. The van der Waals surface area contributed by atoms with Crippen molar-refractivity contribution in [3.05, 3.63) is 22.2 Å². The van der Waals surface area contributed by atoms with Gasteiger partial charge in [-0.3, -0.25) is 0 Å². The summed E-state index contributed by atoms with van der Waals surface area (Å²) in [4.78, 5) is 10.2. The Balaban J connectivity index is 2.79. The third-order valence-corrected chi connectivity index (χ3v) is 1.49. The number of aliphatic hydroxyl groups is 1. The van der Waals surface area contributed by atoms with Crippen LogP contribution in [-0.2, 0) is 0 Å². The topological polar surface area (TPSA) is 78.7 Å². The number of aliphatic hydroxyl groups excluding tert-OH is 1. The van der Waals surface area contributed by atoms with Gasteiger partial charge in [-0.05, 0) is 12.1 Å². The molecule has 13 heavy (non-hydrogen) atoms. The Morgan fingerprint density at radius 2 is 2.31 bits per heavy atom. The zero-order chi connectivity index (χ0) is 9.68. The van der Waals surface area contributed by atoms with Gasteiger partial charge in [0.25, 0.3) is 0 Å². The van der Waals surface area contributed by atoms with Crippen LogP contribution in [0.15, 0.2) is 17.4 Å². The molecule has 0 aliphatic carbocycles. The normalized spacial score (nSPS) is 9.69. The van der Waals surface area contributed by atoms with E-state index < -0.39 is 0 Å². The van der Waals surface area contributed by atoms with Gasteiger partial charge < -0.3 is 5.11 Å². The zero-order valence-corrected chi connectivity index (χ0v) is 7.35. The van der Waals surface area contributed by atoms with Crippen LogP contribution in [0.2, 0.25) is 5.15 Å². The molecule has 7 heteroatoms. The smallest absolute Gasteiger partial charge is 0.174 e. The largest absolute Gasteiger partial charge is 0.394 e. The van der Waals surface area contributed by atoms with Crippen molar-refractivity contribution >= 4 is 17.4 Å². The molecule has 1 aromatic heterocycles. The third kappa shape index (κ3) is 2.60. The summed E-state index contributed by atoms with van der Waals surface area (Å²) in [6.45, 7) is -0.101. The maximum atomic E-state index is 10.2. The van der Waals surface area contributed by atoms with E-state index >= 15 is 0 Å². The van der Waals surface area contributed by atoms with Crippen molar-refractivity contribution in [3.63, 3.8) is 0 Å². The van der Waals surface area contributed by atoms with Gasteiger partial charge in [-0.1, -0.05) is 11.6 Å². The Labute approximate surface area is 79.1 Å². The van der Waals surface area contributed by atoms with Gasteiger partial charge >= 0.3 is 0 Å². The first-order valence-electron chi connectivity index (χ1n) is 3.49. The van der Waals surface area contributed by atoms with E-state index in [4.69, 9.17) is 16.7 Å². The molecule has 0 unspecified atom stereocenters. The maximum absolute atomic E-state index is 10.2. The van der Waals surface area contributed by atoms with Crippen molar-refractivity contribution in [2.45, 2.75) is 0 Å². The number of anilines is 1. The standard InChI is InChI=1S/C6H7ClN4O2/c7-5-1-2-6(9-8-5)11(10-13)3-4-12/h1-2,12H,3-4H2. The number of aromatic nitrogens is 2. The van der Waals surface area contributed by atoms with Crippen molar-refractivity contribution < 1.29 is 5.11 Å². The van der Waals surface area contributed by atoms with Crippen molar-refractivity contribution in [3.8, 4) is 0 Å². The van der Waals surface area contributed by atoms with Gasteiger partial charge in [0.1, 0.15) is 0 Å². The summed E-state index contributed by atoms with van der Waals surface area (Å²) in [6.07, 6.45) is 0. The summed E-state index contributed by atoms with van der Waals surface area (Å²) in [7, 11) is 0. The van der Waals surface area contributed by atoms with E-state index in [0.717, 1.165) is 5.01 Å². The molecular weight excluding hydrogens is 196 g/mol. The SMILES string of the molecule is O=NN(CCO)c1ccc(Cl)nn1. The predicted molar refractivity (Wildman–Crippen MR) is 47.3 cm³/mol. The first-order valence-corrected chi connectivity index (χ1v) is 3.86. The molecule has 0 aliphatic heterocycles. The minimum atomic E-state index is -0.184. The Kier molecular flexibility index (Phi) is 3.53. The van der Waals surface area contributed by atoms with Gasteiger partial charge in [-0.2, -0.15) is 0 Å². The number of nitroso groups, excluding NO2 is 1. The number of hydrogen-bond acceptors (Lipinski definition) is 5. The van der Waals surface area contributed by atoms with Crippen molar-refractivity contribution in [1.82, 2.24) is 10.2 Å². The molecule has 1 heterocycles. The molecule has 0 radical (unpaired) electrons. The summed E-state index contributed by atoms with van der Waals surface area (Å²) >= 11 is 5.49. The molecular formula is C6H7ClN4O2. The minimum Gasteiger partial charge on any atom is -0.394 e. The van der Waals surface area contributed by atoms with E-state index in [1.54, 1.807) is 0 Å². The number of nitrogens with zero attached hydrogens (tertiary/aromatic N) is 4. The minimum absolute atomic E-state index is 0.0831. The van der Waals surface area contributed by atoms with E-state index in [1.807, 2.05) is 0 Å². The number of halogens is 1. The molecule has 0 aliphatic rings. The Morgan fingerprint density at radius 1 is 1.54 bits per heavy atom. The highest BCUT2D eigenvalue weighted by Gasteiger charge is 2.07. The van der Waals surface area contributed by atoms with Crippen LogP contribution in [0.3, 0.4) is 0 Å². The fourth-order valence-electron chi connectivity index (χ4n) is 0.739. The highest BCUT2D eigenvalue weighted by Crippen LogP contribution is 2.11. The lowest BCUT2D eigenvalue weighted by Gasteiger charge is -2.10. The molecule has 1 rings (SSSR count). The average Bonchev–Trinajstić information content (AvgIpc) is 2.16. The van der Waals surface area contributed by atoms with Crippen LogP contribution in [0.5, 0.6) is 0 Å². The van der Waals surface area contributed by atoms with Crippen LogP contribution in [0.1, 0.15) is 0 Å². The lowest BCUT2D eigenvalue weighted by Crippen LogP contribution is -2.20. The molecule has 70 valence electrons. The number of hydrogen-bond donors (Lipinski definition) is 1. The second kappa shape index (κ2) is 4.68. The van der Waals surface area contributed by atoms with E-state index in [0.29, 0.717) is 0 Å². The monoisotopic (exact) mass is 202 g/mol. The van der Waals surface area contributed by atoms with Crippen LogP contribution in [0, 0.1) is 4.91 Å². The molecule has 1 aromatic rings. The van der Waals surface area contributed by atoms with Crippen LogP contribution < -0.4 is 5.01 Å². The molecule has 0 aromatic carbocycles. The molecule has 6 nitrogen and oxygen atoms in total. The molecule has 0 atom stereocenters. The summed E-state index contributed by atoms with van der Waals surface area (Å²) in [5.74, 6) is 0.258. The fourth-order valence-corrected chi connectivity index (χ4v) is 0.839. The van der Waals surface area contributed by atoms with Gasteiger partial charge in [0.05, 0.1) is 18.4 Å². The molecule has 0 spiro atoms. The first-order chi connectivity index (χ1) is 6.27. The first kappa shape index (κ1) is 9.82. The molecule has 0 saturated heterocycles. The molecule has 0 fully saturated rings. The van der Waals surface area contributed by atoms with Gasteiger partial charge in [-0.25, -0.2) is 5.01 Å². The lowest BCUT2D eigenvalue weighted by molar-refractivity contribution is 0.302. The van der Waals surface area contributed by atoms with E-state index in [9.17, 15) is 4.91 Å². The molecule has 0 amide bonds. The van der Waals surface area contributed by atoms with E-state index in [-0.39, 0.29) is 24.1 Å². The molecule has 0 saturated carbocycles. The summed E-state index contributed by atoms with van der Waals surface area (Å²) in [5.41, 5.74) is 0. The highest BCUT2D eigenvalue weighted by molar-refractivity contribution is 6.29. The average molecular weight is 203 g/mol. The van der Waals surface area contributed by atoms with Crippen LogP contribution in [-0.4, -0.2) is 28.5 Å². The van der Waals surface area contributed by atoms with Crippen LogP contribution in [0.25, 0.3) is 0 Å². The second-order valence-corrected chi connectivity index (χ2v) is 2.53. The predicted octanol–water partition coefficient (Wildman–Crippen LogP) is 0.610. The van der Waals surface area contributed by atoms with E-state index in [2.05, 4.69) is 15.5 Å². The van der Waals surface area contributed by atoms with Gasteiger partial charge in [0.15, 0.2) is 11.0 Å². The zero-order valence-electron chi connectivity index (χ0n) is 6.59. The highest BCUT2D eigenvalue weighted by atomic mass is 35.5. The van der Waals surface area contributed by atoms with Crippen LogP contribution >= 0.6 is 11.6 Å². The van der Waals surface area contributed by atoms with E-state index in [1.165, 1.54) is 12.1 Å². The van der Waals surface area contributed by atoms with Crippen molar-refractivity contribution in [1.29, 1.82) is 0 Å². The van der Waals surface area contributed by atoms with Gasteiger partial charge in [0, 0.05) is 0 Å². The van der Waals surface area contributed by atoms with Crippen molar-refractivity contribution in [2.75, 3.05) is 18.2 Å². The number of rotatable bonds is 4. The molecule has 1 N–H and O–H groups in total. The summed E-state index contributed by atoms with van der Waals surface area (Å²) < 4.78 is 0. The second-order valence-electron chi connectivity index (χ2n) is 2.14. The Morgan fingerprint density at radius 3 is 2.77 bits per heavy atom. The molecule has 0 bridgehead atoms. The summed E-state index contributed by atoms with van der Waals surface area (Å²) in [6, 6.07) is 2.98. The third-order valence-electron chi connectivity index (χ3n) is 1.29. The lowest BCUT2D eigenvalue weighted by atomic mass is 10.5. The van der Waals surface area contributed by atoms with Gasteiger partial charge in [0.2, 0.25) is 0 Å². The van der Waals surface area contributed by atoms with Crippen LogP contribution in [0.4, 0.5) is 5.82 Å². The fraction of sp³-hybridized carbons (Fsp3) is 0.333.